The van der Waals surface area contributed by atoms with Crippen molar-refractivity contribution >= 4 is 45.7 Å². The molecular formula is C17H13Cl3N2O3. The smallest absolute Gasteiger partial charge is 0.261 e. The van der Waals surface area contributed by atoms with E-state index in [0.29, 0.717) is 31.7 Å². The number of halogens is 3. The summed E-state index contributed by atoms with van der Waals surface area (Å²) in [6, 6.07) is 9.80. The highest BCUT2D eigenvalue weighted by Gasteiger charge is 2.12. The third-order valence-corrected chi connectivity index (χ3v) is 4.27. The molecule has 0 amide bonds. The van der Waals surface area contributed by atoms with E-state index in [0.717, 1.165) is 0 Å². The number of aliphatic hydroxyl groups is 1. The van der Waals surface area contributed by atoms with Crippen LogP contribution in [0.2, 0.25) is 15.1 Å². The molecule has 5 nitrogen and oxygen atoms in total. The van der Waals surface area contributed by atoms with Gasteiger partial charge in [-0.05, 0) is 36.4 Å². The summed E-state index contributed by atoms with van der Waals surface area (Å²) in [5.74, 6) is 0.575. The van der Waals surface area contributed by atoms with Crippen LogP contribution in [-0.4, -0.2) is 27.4 Å². The lowest BCUT2D eigenvalue weighted by Gasteiger charge is -2.14. The number of hydrogen-bond donors (Lipinski definition) is 1. The van der Waals surface area contributed by atoms with Crippen molar-refractivity contribution in [3.63, 3.8) is 0 Å². The van der Waals surface area contributed by atoms with E-state index in [1.807, 2.05) is 0 Å². The minimum atomic E-state index is -0.901. The van der Waals surface area contributed by atoms with Crippen LogP contribution in [0.5, 0.6) is 5.75 Å². The molecule has 0 aliphatic carbocycles. The van der Waals surface area contributed by atoms with Crippen LogP contribution < -0.4 is 10.3 Å². The lowest BCUT2D eigenvalue weighted by atomic mass is 10.2. The predicted molar refractivity (Wildman–Crippen MR) is 99.0 cm³/mol. The summed E-state index contributed by atoms with van der Waals surface area (Å²) in [6.07, 6.45) is 0.443. The molecule has 1 heterocycles. The summed E-state index contributed by atoms with van der Waals surface area (Å²) in [5.41, 5.74) is 0.0409. The third kappa shape index (κ3) is 4.25. The van der Waals surface area contributed by atoms with Gasteiger partial charge < -0.3 is 9.84 Å². The first-order valence-corrected chi connectivity index (χ1v) is 8.48. The molecular weight excluding hydrogens is 387 g/mol. The molecule has 8 heteroatoms. The van der Waals surface area contributed by atoms with E-state index in [9.17, 15) is 9.90 Å². The van der Waals surface area contributed by atoms with Crippen molar-refractivity contribution in [2.45, 2.75) is 12.6 Å². The molecule has 0 radical (unpaired) electrons. The number of ether oxygens (including phenoxy) is 1. The first kappa shape index (κ1) is 18.0. The van der Waals surface area contributed by atoms with Gasteiger partial charge in [0.2, 0.25) is 0 Å². The van der Waals surface area contributed by atoms with Crippen molar-refractivity contribution in [3.8, 4) is 5.75 Å². The Morgan fingerprint density at radius 1 is 1.12 bits per heavy atom. The quantitative estimate of drug-likeness (QED) is 0.709. The molecule has 0 saturated carbocycles. The van der Waals surface area contributed by atoms with Crippen LogP contribution in [0.1, 0.15) is 0 Å². The number of nitrogens with zero attached hydrogens (tertiary/aromatic N) is 2. The fourth-order valence-electron chi connectivity index (χ4n) is 2.33. The summed E-state index contributed by atoms with van der Waals surface area (Å²) < 4.78 is 6.77. The number of hydrogen-bond acceptors (Lipinski definition) is 4. The van der Waals surface area contributed by atoms with Gasteiger partial charge in [-0.3, -0.25) is 9.36 Å². The van der Waals surface area contributed by atoms with Crippen molar-refractivity contribution in [1.29, 1.82) is 0 Å². The maximum Gasteiger partial charge on any atom is 0.261 e. The number of benzene rings is 2. The maximum atomic E-state index is 12.5. The lowest BCUT2D eigenvalue weighted by Crippen LogP contribution is -2.30. The normalized spacial score (nSPS) is 12.3. The summed E-state index contributed by atoms with van der Waals surface area (Å²) in [5, 5.41) is 11.7. The highest BCUT2D eigenvalue weighted by atomic mass is 35.5. The Hall–Kier alpha value is -1.79. The summed E-state index contributed by atoms with van der Waals surface area (Å²) in [6.45, 7) is 0.0436. The second-order valence-electron chi connectivity index (χ2n) is 5.40. The minimum Gasteiger partial charge on any atom is -0.491 e. The third-order valence-electron chi connectivity index (χ3n) is 3.51. The van der Waals surface area contributed by atoms with Gasteiger partial charge in [0, 0.05) is 10.0 Å². The standard InChI is InChI=1S/C17H13Cl3N2O3/c18-10-1-3-13(4-2-10)25-8-12(23)7-22-9-21-16-14(17(22)24)5-11(19)6-15(16)20/h1-6,9,12,23H,7-8H2/t12-/m1/s1. The maximum absolute atomic E-state index is 12.5. The molecule has 1 atom stereocenters. The van der Waals surface area contributed by atoms with Crippen LogP contribution in [0.25, 0.3) is 10.9 Å². The van der Waals surface area contributed by atoms with Gasteiger partial charge in [0.1, 0.15) is 18.5 Å². The average molecular weight is 400 g/mol. The van der Waals surface area contributed by atoms with E-state index in [4.69, 9.17) is 39.5 Å². The molecule has 0 aliphatic rings. The fraction of sp³-hybridized carbons (Fsp3) is 0.176. The zero-order valence-corrected chi connectivity index (χ0v) is 15.1. The number of rotatable bonds is 5. The zero-order chi connectivity index (χ0) is 18.0. The molecule has 2 aromatic carbocycles. The molecule has 0 unspecified atom stereocenters. The van der Waals surface area contributed by atoms with E-state index in [-0.39, 0.29) is 18.7 Å². The Morgan fingerprint density at radius 2 is 1.84 bits per heavy atom. The van der Waals surface area contributed by atoms with Crippen LogP contribution in [0.15, 0.2) is 47.5 Å². The predicted octanol–water partition coefficient (Wildman–Crippen LogP) is 3.80. The van der Waals surface area contributed by atoms with Gasteiger partial charge >= 0.3 is 0 Å². The second kappa shape index (κ2) is 7.62. The van der Waals surface area contributed by atoms with Crippen LogP contribution in [0.4, 0.5) is 0 Å². The summed E-state index contributed by atoms with van der Waals surface area (Å²) >= 11 is 17.8. The van der Waals surface area contributed by atoms with E-state index in [1.165, 1.54) is 23.0 Å². The number of aliphatic hydroxyl groups excluding tert-OH is 1. The summed E-state index contributed by atoms with van der Waals surface area (Å²) in [7, 11) is 0. The zero-order valence-electron chi connectivity index (χ0n) is 12.8. The van der Waals surface area contributed by atoms with Gasteiger partial charge in [0.05, 0.1) is 28.8 Å². The fourth-order valence-corrected chi connectivity index (χ4v) is 3.00. The van der Waals surface area contributed by atoms with Gasteiger partial charge in [-0.25, -0.2) is 4.98 Å². The van der Waals surface area contributed by atoms with Crippen molar-refractivity contribution in [2.24, 2.45) is 0 Å². The van der Waals surface area contributed by atoms with Gasteiger partial charge in [-0.1, -0.05) is 34.8 Å². The SMILES string of the molecule is O=c1c2cc(Cl)cc(Cl)c2ncn1C[C@@H](O)COc1ccc(Cl)cc1. The van der Waals surface area contributed by atoms with Crippen LogP contribution in [0.3, 0.4) is 0 Å². The Kier molecular flexibility index (Phi) is 5.49. The number of fused-ring (bicyclic) bond motifs is 1. The van der Waals surface area contributed by atoms with Gasteiger partial charge in [-0.2, -0.15) is 0 Å². The molecule has 3 rings (SSSR count). The van der Waals surface area contributed by atoms with Crippen molar-refractivity contribution in [1.82, 2.24) is 9.55 Å². The van der Waals surface area contributed by atoms with E-state index in [1.54, 1.807) is 24.3 Å². The Balaban J connectivity index is 1.74. The number of aromatic nitrogens is 2. The molecule has 3 aromatic rings. The molecule has 1 aromatic heterocycles. The molecule has 25 heavy (non-hydrogen) atoms. The molecule has 0 fully saturated rings. The monoisotopic (exact) mass is 398 g/mol. The first-order chi connectivity index (χ1) is 11.9. The van der Waals surface area contributed by atoms with Gasteiger partial charge in [0.15, 0.2) is 0 Å². The van der Waals surface area contributed by atoms with Crippen molar-refractivity contribution in [3.05, 3.63) is 68.1 Å². The van der Waals surface area contributed by atoms with E-state index < -0.39 is 6.10 Å². The molecule has 0 aliphatic heterocycles. The van der Waals surface area contributed by atoms with E-state index in [2.05, 4.69) is 4.98 Å². The van der Waals surface area contributed by atoms with Crippen LogP contribution in [-0.2, 0) is 6.54 Å². The Morgan fingerprint density at radius 3 is 2.56 bits per heavy atom. The molecule has 130 valence electrons. The van der Waals surface area contributed by atoms with E-state index >= 15 is 0 Å². The topological polar surface area (TPSA) is 64.4 Å². The minimum absolute atomic E-state index is 0.0163. The highest BCUT2D eigenvalue weighted by molar-refractivity contribution is 6.38. The first-order valence-electron chi connectivity index (χ1n) is 7.34. The van der Waals surface area contributed by atoms with Crippen LogP contribution >= 0.6 is 34.8 Å². The molecule has 0 bridgehead atoms. The largest absolute Gasteiger partial charge is 0.491 e. The molecule has 0 saturated heterocycles. The van der Waals surface area contributed by atoms with Crippen molar-refractivity contribution < 1.29 is 9.84 Å². The Bertz CT molecular complexity index is 958. The van der Waals surface area contributed by atoms with Crippen LogP contribution in [0, 0.1) is 0 Å². The molecule has 1 N–H and O–H groups in total. The Labute approximate surface area is 158 Å². The van der Waals surface area contributed by atoms with Gasteiger partial charge in [-0.15, -0.1) is 0 Å². The molecule has 0 spiro atoms. The lowest BCUT2D eigenvalue weighted by molar-refractivity contribution is 0.0915. The van der Waals surface area contributed by atoms with Gasteiger partial charge in [0.25, 0.3) is 5.56 Å². The van der Waals surface area contributed by atoms with Crippen molar-refractivity contribution in [2.75, 3.05) is 6.61 Å². The average Bonchev–Trinajstić information content (AvgIpc) is 2.57. The highest BCUT2D eigenvalue weighted by Crippen LogP contribution is 2.24. The summed E-state index contributed by atoms with van der Waals surface area (Å²) in [4.78, 5) is 16.7. The second-order valence-corrected chi connectivity index (χ2v) is 6.68.